The van der Waals surface area contributed by atoms with Crippen molar-refractivity contribution in [2.75, 3.05) is 19.8 Å². The number of nitrogens with zero attached hydrogens (tertiary/aromatic N) is 1. The second-order valence-electron chi connectivity index (χ2n) is 7.24. The molecule has 0 amide bonds. The maximum atomic E-state index is 11.6. The molecule has 0 fully saturated rings. The first-order chi connectivity index (χ1) is 11.8. The van der Waals surface area contributed by atoms with Crippen LogP contribution in [-0.4, -0.2) is 36.6 Å². The first-order valence-corrected chi connectivity index (χ1v) is 8.63. The van der Waals surface area contributed by atoms with Crippen LogP contribution in [0.4, 0.5) is 0 Å². The molecule has 0 unspecified atom stereocenters. The van der Waals surface area contributed by atoms with Gasteiger partial charge in [0.15, 0.2) is 0 Å². The van der Waals surface area contributed by atoms with E-state index in [-0.39, 0.29) is 12.4 Å². The summed E-state index contributed by atoms with van der Waals surface area (Å²) in [7, 11) is 0. The van der Waals surface area contributed by atoms with Crippen LogP contribution in [0.1, 0.15) is 51.8 Å². The van der Waals surface area contributed by atoms with E-state index in [1.807, 2.05) is 6.07 Å². The molecular formula is C20H29NO4. The number of ketones is 1. The molecule has 1 aromatic rings. The predicted octanol–water partition coefficient (Wildman–Crippen LogP) is 3.61. The molecule has 0 aliphatic carbocycles. The molecule has 1 aromatic heterocycles. The summed E-state index contributed by atoms with van der Waals surface area (Å²) in [5, 5.41) is 0. The molecule has 0 aliphatic rings. The first kappa shape index (κ1) is 21.0. The fraction of sp³-hybridized carbons (Fsp3) is 0.550. The zero-order valence-electron chi connectivity index (χ0n) is 15.7. The number of hydrogen-bond donors (Lipinski definition) is 0. The number of ether oxygens (including phenoxy) is 2. The molecule has 0 spiro atoms. The standard InChI is InChI=1S/C20H29NO4/c1-16(22)14-18-8-6-17(15-21-18)7-9-19(23)25-13-12-24-11-5-10-20(2,3)4/h6-9,15H,5,10-14H2,1-4H3/b9-7+. The van der Waals surface area contributed by atoms with E-state index in [1.54, 1.807) is 18.3 Å². The molecule has 0 N–H and O–H groups in total. The quantitative estimate of drug-likeness (QED) is 0.367. The lowest BCUT2D eigenvalue weighted by molar-refractivity contribution is -0.139. The van der Waals surface area contributed by atoms with Crippen molar-refractivity contribution in [3.05, 3.63) is 35.7 Å². The number of esters is 1. The van der Waals surface area contributed by atoms with Crippen LogP contribution in [-0.2, 0) is 25.5 Å². The summed E-state index contributed by atoms with van der Waals surface area (Å²) in [6, 6.07) is 3.59. The maximum Gasteiger partial charge on any atom is 0.330 e. The lowest BCUT2D eigenvalue weighted by Gasteiger charge is -2.17. The molecule has 0 saturated carbocycles. The number of aromatic nitrogens is 1. The molecule has 5 nitrogen and oxygen atoms in total. The van der Waals surface area contributed by atoms with Gasteiger partial charge in [-0.15, -0.1) is 0 Å². The Morgan fingerprint density at radius 1 is 1.16 bits per heavy atom. The molecule has 0 saturated heterocycles. The van der Waals surface area contributed by atoms with Crippen molar-refractivity contribution in [1.29, 1.82) is 0 Å². The Morgan fingerprint density at radius 3 is 2.52 bits per heavy atom. The Hall–Kier alpha value is -2.01. The first-order valence-electron chi connectivity index (χ1n) is 8.63. The van der Waals surface area contributed by atoms with Crippen LogP contribution in [0.5, 0.6) is 0 Å². The lowest BCUT2D eigenvalue weighted by atomic mass is 9.91. The van der Waals surface area contributed by atoms with Gasteiger partial charge in [0.25, 0.3) is 0 Å². The van der Waals surface area contributed by atoms with Crippen molar-refractivity contribution in [3.63, 3.8) is 0 Å². The summed E-state index contributed by atoms with van der Waals surface area (Å²) < 4.78 is 10.5. The van der Waals surface area contributed by atoms with Crippen LogP contribution in [0.15, 0.2) is 24.4 Å². The number of pyridine rings is 1. The normalized spacial score (nSPS) is 11.7. The Labute approximate surface area is 150 Å². The highest BCUT2D eigenvalue weighted by Gasteiger charge is 2.08. The number of hydrogen-bond acceptors (Lipinski definition) is 5. The van der Waals surface area contributed by atoms with Gasteiger partial charge in [0.1, 0.15) is 12.4 Å². The van der Waals surface area contributed by atoms with Crippen LogP contribution < -0.4 is 0 Å². The molecule has 25 heavy (non-hydrogen) atoms. The number of carbonyl (C=O) groups excluding carboxylic acids is 2. The van der Waals surface area contributed by atoms with Crippen molar-refractivity contribution in [2.45, 2.75) is 47.0 Å². The van der Waals surface area contributed by atoms with Crippen molar-refractivity contribution >= 4 is 17.8 Å². The Balaban J connectivity index is 2.19. The Morgan fingerprint density at radius 2 is 1.92 bits per heavy atom. The molecule has 1 rings (SSSR count). The topological polar surface area (TPSA) is 65.5 Å². The van der Waals surface area contributed by atoms with Crippen LogP contribution in [0, 0.1) is 5.41 Å². The van der Waals surface area contributed by atoms with Crippen LogP contribution in [0.3, 0.4) is 0 Å². The van der Waals surface area contributed by atoms with E-state index in [0.29, 0.717) is 25.0 Å². The average Bonchev–Trinajstić information content (AvgIpc) is 2.51. The second-order valence-corrected chi connectivity index (χ2v) is 7.24. The summed E-state index contributed by atoms with van der Waals surface area (Å²) in [5.74, 6) is -0.342. The summed E-state index contributed by atoms with van der Waals surface area (Å²) in [5.41, 5.74) is 1.82. The summed E-state index contributed by atoms with van der Waals surface area (Å²) in [6.45, 7) is 9.47. The van der Waals surface area contributed by atoms with Gasteiger partial charge in [0.2, 0.25) is 0 Å². The molecule has 5 heteroatoms. The van der Waals surface area contributed by atoms with Crippen molar-refractivity contribution in [3.8, 4) is 0 Å². The van der Waals surface area contributed by atoms with E-state index in [0.717, 1.165) is 24.1 Å². The Kier molecular flexibility index (Phi) is 9.06. The van der Waals surface area contributed by atoms with E-state index in [1.165, 1.54) is 13.0 Å². The number of rotatable bonds is 10. The third-order valence-electron chi connectivity index (χ3n) is 3.38. The molecule has 0 aromatic carbocycles. The fourth-order valence-electron chi connectivity index (χ4n) is 2.11. The van der Waals surface area contributed by atoms with E-state index >= 15 is 0 Å². The van der Waals surface area contributed by atoms with Crippen LogP contribution in [0.2, 0.25) is 0 Å². The van der Waals surface area contributed by atoms with Crippen molar-refractivity contribution in [2.24, 2.45) is 5.41 Å². The van der Waals surface area contributed by atoms with Gasteiger partial charge in [0.05, 0.1) is 6.61 Å². The third-order valence-corrected chi connectivity index (χ3v) is 3.38. The van der Waals surface area contributed by atoms with Crippen molar-refractivity contribution < 1.29 is 19.1 Å². The molecule has 1 heterocycles. The van der Waals surface area contributed by atoms with Gasteiger partial charge >= 0.3 is 5.97 Å². The molecule has 138 valence electrons. The van der Waals surface area contributed by atoms with Gasteiger partial charge in [-0.1, -0.05) is 26.8 Å². The number of carbonyl (C=O) groups is 2. The van der Waals surface area contributed by atoms with Crippen LogP contribution >= 0.6 is 0 Å². The van der Waals surface area contributed by atoms with Gasteiger partial charge in [-0.25, -0.2) is 4.79 Å². The highest BCUT2D eigenvalue weighted by atomic mass is 16.6. The minimum absolute atomic E-state index is 0.0694. The minimum Gasteiger partial charge on any atom is -0.460 e. The zero-order valence-corrected chi connectivity index (χ0v) is 15.7. The van der Waals surface area contributed by atoms with Gasteiger partial charge in [-0.3, -0.25) is 9.78 Å². The van der Waals surface area contributed by atoms with Crippen LogP contribution in [0.25, 0.3) is 6.08 Å². The molecule has 0 bridgehead atoms. The predicted molar refractivity (Wildman–Crippen MR) is 98.1 cm³/mol. The Bertz CT molecular complexity index is 570. The molecular weight excluding hydrogens is 318 g/mol. The summed E-state index contributed by atoms with van der Waals surface area (Å²) in [6.07, 6.45) is 7.05. The molecule has 0 aliphatic heterocycles. The number of Topliss-reactive ketones (excluding diaryl/α,β-unsaturated/α-hetero) is 1. The van der Waals surface area contributed by atoms with E-state index < -0.39 is 5.97 Å². The van der Waals surface area contributed by atoms with E-state index in [2.05, 4.69) is 25.8 Å². The lowest BCUT2D eigenvalue weighted by Crippen LogP contribution is -2.11. The van der Waals surface area contributed by atoms with Gasteiger partial charge in [0, 0.05) is 31.0 Å². The average molecular weight is 347 g/mol. The van der Waals surface area contributed by atoms with Gasteiger partial charge in [-0.2, -0.15) is 0 Å². The van der Waals surface area contributed by atoms with E-state index in [9.17, 15) is 9.59 Å². The largest absolute Gasteiger partial charge is 0.460 e. The third kappa shape index (κ3) is 11.2. The molecule has 0 radical (unpaired) electrons. The smallest absolute Gasteiger partial charge is 0.330 e. The van der Waals surface area contributed by atoms with Crippen molar-refractivity contribution in [1.82, 2.24) is 4.98 Å². The van der Waals surface area contributed by atoms with E-state index in [4.69, 9.17) is 9.47 Å². The maximum absolute atomic E-state index is 11.6. The molecule has 0 atom stereocenters. The highest BCUT2D eigenvalue weighted by Crippen LogP contribution is 2.20. The highest BCUT2D eigenvalue weighted by molar-refractivity contribution is 5.87. The monoisotopic (exact) mass is 347 g/mol. The zero-order chi connectivity index (χ0) is 18.7. The SMILES string of the molecule is CC(=O)Cc1ccc(/C=C/C(=O)OCCOCCCC(C)(C)C)cn1. The minimum atomic E-state index is -0.411. The fourth-order valence-corrected chi connectivity index (χ4v) is 2.11. The summed E-state index contributed by atoms with van der Waals surface area (Å²) >= 11 is 0. The van der Waals surface area contributed by atoms with Gasteiger partial charge in [-0.05, 0) is 42.9 Å². The second kappa shape index (κ2) is 10.8. The van der Waals surface area contributed by atoms with Gasteiger partial charge < -0.3 is 9.47 Å². The summed E-state index contributed by atoms with van der Waals surface area (Å²) in [4.78, 5) is 26.8.